The number of pyridine rings is 1. The zero-order valence-corrected chi connectivity index (χ0v) is 16.3. The molecule has 0 aliphatic rings. The van der Waals surface area contributed by atoms with E-state index >= 15 is 0 Å². The summed E-state index contributed by atoms with van der Waals surface area (Å²) in [4.78, 5) is 21.6. The Balaban J connectivity index is 1.55. The van der Waals surface area contributed by atoms with Gasteiger partial charge in [-0.1, -0.05) is 30.3 Å². The lowest BCUT2D eigenvalue weighted by molar-refractivity contribution is 0.0951. The molecule has 0 atom stereocenters. The number of carbonyl (C=O) groups is 1. The molecule has 2 aromatic carbocycles. The average molecular weight is 394 g/mol. The standard InChI is InChI=1S/C23H18N6O/c1-15-5-2-3-7-18(15)21-22-28-26-14-29(22)20-11-17(8-9-19(20)27-21)23(30)25-13-16-6-4-10-24-12-16/h2-12,14H,13H2,1H3,(H,25,30). The molecule has 30 heavy (non-hydrogen) atoms. The predicted octanol–water partition coefficient (Wildman–Crippen LogP) is 3.58. The number of fused-ring (bicyclic) bond motifs is 3. The van der Waals surface area contributed by atoms with E-state index in [1.54, 1.807) is 24.8 Å². The van der Waals surface area contributed by atoms with E-state index in [-0.39, 0.29) is 5.91 Å². The molecule has 0 fully saturated rings. The van der Waals surface area contributed by atoms with Crippen LogP contribution in [0.3, 0.4) is 0 Å². The van der Waals surface area contributed by atoms with Gasteiger partial charge in [-0.2, -0.15) is 0 Å². The van der Waals surface area contributed by atoms with Gasteiger partial charge >= 0.3 is 0 Å². The maximum absolute atomic E-state index is 12.7. The largest absolute Gasteiger partial charge is 0.348 e. The Morgan fingerprint density at radius 1 is 1.10 bits per heavy atom. The second-order valence-corrected chi connectivity index (χ2v) is 7.05. The van der Waals surface area contributed by atoms with Gasteiger partial charge in [0.25, 0.3) is 5.91 Å². The fourth-order valence-electron chi connectivity index (χ4n) is 3.50. The molecule has 7 nitrogen and oxygen atoms in total. The molecule has 0 aliphatic carbocycles. The zero-order valence-electron chi connectivity index (χ0n) is 16.3. The number of benzene rings is 2. The second kappa shape index (κ2) is 7.36. The van der Waals surface area contributed by atoms with Crippen molar-refractivity contribution in [3.63, 3.8) is 0 Å². The molecule has 0 saturated heterocycles. The van der Waals surface area contributed by atoms with Crippen molar-refractivity contribution in [3.8, 4) is 11.3 Å². The second-order valence-electron chi connectivity index (χ2n) is 7.05. The van der Waals surface area contributed by atoms with E-state index in [1.165, 1.54) is 0 Å². The van der Waals surface area contributed by atoms with Gasteiger partial charge in [-0.3, -0.25) is 14.2 Å². The van der Waals surface area contributed by atoms with Gasteiger partial charge in [0.2, 0.25) is 0 Å². The third kappa shape index (κ3) is 3.16. The summed E-state index contributed by atoms with van der Waals surface area (Å²) in [6, 6.07) is 17.3. The maximum Gasteiger partial charge on any atom is 0.251 e. The molecule has 7 heteroatoms. The highest BCUT2D eigenvalue weighted by molar-refractivity contribution is 5.98. The van der Waals surface area contributed by atoms with Crippen molar-refractivity contribution in [2.24, 2.45) is 0 Å². The van der Waals surface area contributed by atoms with Crippen LogP contribution in [0.25, 0.3) is 27.9 Å². The Kier molecular flexibility index (Phi) is 4.40. The molecule has 0 spiro atoms. The first-order valence-electron chi connectivity index (χ1n) is 9.57. The first-order chi connectivity index (χ1) is 14.7. The van der Waals surface area contributed by atoms with Gasteiger partial charge in [-0.15, -0.1) is 10.2 Å². The number of rotatable bonds is 4. The van der Waals surface area contributed by atoms with Crippen LogP contribution in [0.4, 0.5) is 0 Å². The van der Waals surface area contributed by atoms with E-state index in [0.29, 0.717) is 17.8 Å². The van der Waals surface area contributed by atoms with Gasteiger partial charge in [0, 0.05) is 30.1 Å². The van der Waals surface area contributed by atoms with Crippen molar-refractivity contribution in [1.29, 1.82) is 0 Å². The van der Waals surface area contributed by atoms with Crippen molar-refractivity contribution in [2.45, 2.75) is 13.5 Å². The van der Waals surface area contributed by atoms with Crippen LogP contribution in [-0.4, -0.2) is 30.5 Å². The van der Waals surface area contributed by atoms with Crippen LogP contribution in [0.5, 0.6) is 0 Å². The van der Waals surface area contributed by atoms with E-state index in [2.05, 4.69) is 20.5 Å². The fourth-order valence-corrected chi connectivity index (χ4v) is 3.50. The minimum Gasteiger partial charge on any atom is -0.348 e. The smallest absolute Gasteiger partial charge is 0.251 e. The Morgan fingerprint density at radius 2 is 2.00 bits per heavy atom. The molecule has 146 valence electrons. The van der Waals surface area contributed by atoms with Crippen LogP contribution >= 0.6 is 0 Å². The molecule has 1 N–H and O–H groups in total. The lowest BCUT2D eigenvalue weighted by Gasteiger charge is -2.10. The van der Waals surface area contributed by atoms with Gasteiger partial charge in [-0.25, -0.2) is 4.98 Å². The number of carbonyl (C=O) groups excluding carboxylic acids is 1. The van der Waals surface area contributed by atoms with Gasteiger partial charge < -0.3 is 5.32 Å². The molecule has 3 aromatic heterocycles. The van der Waals surface area contributed by atoms with E-state index < -0.39 is 0 Å². The monoisotopic (exact) mass is 394 g/mol. The van der Waals surface area contributed by atoms with Gasteiger partial charge in [0.05, 0.1) is 11.0 Å². The van der Waals surface area contributed by atoms with Gasteiger partial charge in [-0.05, 0) is 42.3 Å². The quantitative estimate of drug-likeness (QED) is 0.504. The third-order valence-electron chi connectivity index (χ3n) is 5.06. The number of hydrogen-bond donors (Lipinski definition) is 1. The highest BCUT2D eigenvalue weighted by atomic mass is 16.1. The number of aromatic nitrogens is 5. The normalized spacial score (nSPS) is 11.1. The van der Waals surface area contributed by atoms with Crippen molar-refractivity contribution >= 4 is 22.6 Å². The summed E-state index contributed by atoms with van der Waals surface area (Å²) in [6.45, 7) is 2.46. The summed E-state index contributed by atoms with van der Waals surface area (Å²) in [6.07, 6.45) is 5.09. The van der Waals surface area contributed by atoms with Crippen LogP contribution in [-0.2, 0) is 6.54 Å². The van der Waals surface area contributed by atoms with Crippen LogP contribution in [0.1, 0.15) is 21.5 Å². The molecule has 0 unspecified atom stereocenters. The topological polar surface area (TPSA) is 85.1 Å². The first-order valence-corrected chi connectivity index (χ1v) is 9.57. The van der Waals surface area contributed by atoms with Crippen LogP contribution in [0.15, 0.2) is 73.3 Å². The first kappa shape index (κ1) is 17.9. The Hall–Kier alpha value is -4.13. The molecule has 3 heterocycles. The summed E-state index contributed by atoms with van der Waals surface area (Å²) in [5.74, 6) is -0.162. The van der Waals surface area contributed by atoms with Crippen molar-refractivity contribution in [1.82, 2.24) is 29.9 Å². The third-order valence-corrected chi connectivity index (χ3v) is 5.06. The Bertz CT molecular complexity index is 1380. The number of aryl methyl sites for hydroxylation is 1. The van der Waals surface area contributed by atoms with Crippen LogP contribution < -0.4 is 5.32 Å². The Morgan fingerprint density at radius 3 is 2.83 bits per heavy atom. The molecular weight excluding hydrogens is 376 g/mol. The number of amides is 1. The van der Waals surface area contributed by atoms with Gasteiger partial charge in [0.15, 0.2) is 5.65 Å². The molecule has 5 aromatic rings. The van der Waals surface area contributed by atoms with Gasteiger partial charge in [0.1, 0.15) is 12.0 Å². The summed E-state index contributed by atoms with van der Waals surface area (Å²) >= 11 is 0. The number of nitrogens with zero attached hydrogens (tertiary/aromatic N) is 5. The maximum atomic E-state index is 12.7. The molecule has 5 rings (SSSR count). The predicted molar refractivity (Wildman–Crippen MR) is 114 cm³/mol. The van der Waals surface area contributed by atoms with Crippen molar-refractivity contribution in [3.05, 3.63) is 90.0 Å². The van der Waals surface area contributed by atoms with Crippen molar-refractivity contribution in [2.75, 3.05) is 0 Å². The molecule has 0 radical (unpaired) electrons. The SMILES string of the molecule is Cc1ccccc1-c1nc2ccc(C(=O)NCc3cccnc3)cc2n2cnnc12. The molecule has 0 bridgehead atoms. The average Bonchev–Trinajstić information content (AvgIpc) is 3.28. The fraction of sp³-hybridized carbons (Fsp3) is 0.0870. The zero-order chi connectivity index (χ0) is 20.5. The minimum absolute atomic E-state index is 0.162. The summed E-state index contributed by atoms with van der Waals surface area (Å²) in [5.41, 5.74) is 6.59. The summed E-state index contributed by atoms with van der Waals surface area (Å²) < 4.78 is 1.88. The van der Waals surface area contributed by atoms with E-state index in [4.69, 9.17) is 4.98 Å². The lowest BCUT2D eigenvalue weighted by atomic mass is 10.1. The molecule has 0 saturated carbocycles. The van der Waals surface area contributed by atoms with Crippen LogP contribution in [0, 0.1) is 6.92 Å². The minimum atomic E-state index is -0.162. The highest BCUT2D eigenvalue weighted by Gasteiger charge is 2.15. The summed E-state index contributed by atoms with van der Waals surface area (Å²) in [7, 11) is 0. The van der Waals surface area contributed by atoms with Crippen molar-refractivity contribution < 1.29 is 4.79 Å². The highest BCUT2D eigenvalue weighted by Crippen LogP contribution is 2.28. The van der Waals surface area contributed by atoms with E-state index in [1.807, 2.05) is 59.9 Å². The molecular formula is C23H18N6O. The van der Waals surface area contributed by atoms with E-state index in [9.17, 15) is 4.79 Å². The number of nitrogens with one attached hydrogen (secondary N) is 1. The Labute approximate surface area is 172 Å². The molecule has 0 aliphatic heterocycles. The molecule has 1 amide bonds. The summed E-state index contributed by atoms with van der Waals surface area (Å²) in [5, 5.41) is 11.3. The lowest BCUT2D eigenvalue weighted by Crippen LogP contribution is -2.22. The van der Waals surface area contributed by atoms with E-state index in [0.717, 1.165) is 33.4 Å². The van der Waals surface area contributed by atoms with Crippen LogP contribution in [0.2, 0.25) is 0 Å². The number of hydrogen-bond acceptors (Lipinski definition) is 5.